The van der Waals surface area contributed by atoms with Crippen LogP contribution < -0.4 is 10.3 Å². The molecule has 0 bridgehead atoms. The third-order valence-electron chi connectivity index (χ3n) is 4.71. The number of anilines is 1. The summed E-state index contributed by atoms with van der Waals surface area (Å²) in [5, 5.41) is 5.03. The van der Waals surface area contributed by atoms with Gasteiger partial charge in [0.2, 0.25) is 0 Å². The first kappa shape index (κ1) is 20.0. The Morgan fingerprint density at radius 3 is 2.52 bits per heavy atom. The van der Waals surface area contributed by atoms with Gasteiger partial charge in [-0.25, -0.2) is 5.43 Å². The summed E-state index contributed by atoms with van der Waals surface area (Å²) in [5.74, 6) is -0.267. The van der Waals surface area contributed by atoms with E-state index in [0.717, 1.165) is 28.8 Å². The molecule has 1 N–H and O–H groups in total. The molecule has 3 aromatic rings. The Labute approximate surface area is 187 Å². The van der Waals surface area contributed by atoms with Crippen molar-refractivity contribution in [1.29, 1.82) is 0 Å². The maximum atomic E-state index is 12.5. The average Bonchev–Trinajstić information content (AvgIpc) is 3.13. The molecule has 3 aromatic carbocycles. The number of hydrazone groups is 1. The van der Waals surface area contributed by atoms with Crippen molar-refractivity contribution in [2.45, 2.75) is 13.1 Å². The van der Waals surface area contributed by atoms with E-state index in [1.807, 2.05) is 30.3 Å². The van der Waals surface area contributed by atoms with Gasteiger partial charge in [-0.2, -0.15) is 5.10 Å². The standard InChI is InChI=1S/C22H16BrCl2N3O/c23-18-4-7-20(8-5-18)28-12-16-2-1-14(9-17(16)13-28)22(29)27-26-11-15-3-6-19(24)10-21(15)25/h1-11H,12-13H2,(H,27,29)/b26-11+. The van der Waals surface area contributed by atoms with Crippen molar-refractivity contribution in [3.8, 4) is 0 Å². The Hall–Kier alpha value is -2.34. The molecule has 0 saturated heterocycles. The van der Waals surface area contributed by atoms with E-state index in [1.165, 1.54) is 11.8 Å². The minimum Gasteiger partial charge on any atom is -0.363 e. The van der Waals surface area contributed by atoms with Gasteiger partial charge < -0.3 is 4.90 Å². The summed E-state index contributed by atoms with van der Waals surface area (Å²) in [6.45, 7) is 1.59. The van der Waals surface area contributed by atoms with Crippen molar-refractivity contribution in [3.05, 3.63) is 97.4 Å². The first-order valence-corrected chi connectivity index (χ1v) is 10.5. The molecule has 0 radical (unpaired) electrons. The molecule has 0 aliphatic carbocycles. The molecule has 1 amide bonds. The lowest BCUT2D eigenvalue weighted by Crippen LogP contribution is -2.18. The summed E-state index contributed by atoms with van der Waals surface area (Å²) >= 11 is 15.4. The van der Waals surface area contributed by atoms with E-state index >= 15 is 0 Å². The first-order chi connectivity index (χ1) is 14.0. The zero-order chi connectivity index (χ0) is 20.4. The normalized spacial score (nSPS) is 13.0. The van der Waals surface area contributed by atoms with Gasteiger partial charge in [-0.1, -0.05) is 51.3 Å². The van der Waals surface area contributed by atoms with Crippen molar-refractivity contribution in [2.24, 2.45) is 5.10 Å². The molecule has 1 aliphatic rings. The molecular formula is C22H16BrCl2N3O. The molecule has 1 aliphatic heterocycles. The number of nitrogens with zero attached hydrogens (tertiary/aromatic N) is 2. The number of amides is 1. The molecule has 0 atom stereocenters. The minimum absolute atomic E-state index is 0.267. The van der Waals surface area contributed by atoms with Gasteiger partial charge in [0, 0.05) is 39.4 Å². The highest BCUT2D eigenvalue weighted by atomic mass is 79.9. The summed E-state index contributed by atoms with van der Waals surface area (Å²) < 4.78 is 1.05. The number of halogens is 3. The first-order valence-electron chi connectivity index (χ1n) is 8.90. The fourth-order valence-corrected chi connectivity index (χ4v) is 3.92. The van der Waals surface area contributed by atoms with Crippen LogP contribution in [0.2, 0.25) is 10.0 Å². The van der Waals surface area contributed by atoms with Crippen LogP contribution in [0.15, 0.2) is 70.2 Å². The Bertz CT molecular complexity index is 1100. The third-order valence-corrected chi connectivity index (χ3v) is 5.81. The van der Waals surface area contributed by atoms with E-state index in [4.69, 9.17) is 23.2 Å². The number of carbonyl (C=O) groups excluding carboxylic acids is 1. The van der Waals surface area contributed by atoms with Gasteiger partial charge >= 0.3 is 0 Å². The number of nitrogens with one attached hydrogen (secondary N) is 1. The maximum absolute atomic E-state index is 12.5. The Morgan fingerprint density at radius 2 is 1.76 bits per heavy atom. The van der Waals surface area contributed by atoms with E-state index in [-0.39, 0.29) is 5.91 Å². The van der Waals surface area contributed by atoms with E-state index < -0.39 is 0 Å². The molecule has 1 heterocycles. The van der Waals surface area contributed by atoms with Gasteiger partial charge in [0.05, 0.1) is 11.2 Å². The average molecular weight is 489 g/mol. The molecule has 4 nitrogen and oxygen atoms in total. The molecule has 0 saturated carbocycles. The van der Waals surface area contributed by atoms with Crippen LogP contribution in [0.25, 0.3) is 0 Å². The highest BCUT2D eigenvalue weighted by molar-refractivity contribution is 9.10. The van der Waals surface area contributed by atoms with E-state index in [9.17, 15) is 4.79 Å². The van der Waals surface area contributed by atoms with Gasteiger partial charge in [-0.05, 0) is 59.7 Å². The van der Waals surface area contributed by atoms with Crippen molar-refractivity contribution < 1.29 is 4.79 Å². The lowest BCUT2D eigenvalue weighted by molar-refractivity contribution is 0.0955. The Morgan fingerprint density at radius 1 is 1.00 bits per heavy atom. The zero-order valence-corrected chi connectivity index (χ0v) is 18.3. The molecule has 29 heavy (non-hydrogen) atoms. The van der Waals surface area contributed by atoms with Crippen LogP contribution in [0.1, 0.15) is 27.0 Å². The molecule has 0 fully saturated rings. The van der Waals surface area contributed by atoms with Gasteiger partial charge in [-0.15, -0.1) is 0 Å². The van der Waals surface area contributed by atoms with Crippen molar-refractivity contribution >= 4 is 56.9 Å². The quantitative estimate of drug-likeness (QED) is 0.359. The smallest absolute Gasteiger partial charge is 0.271 e. The Balaban J connectivity index is 1.43. The highest BCUT2D eigenvalue weighted by Gasteiger charge is 2.20. The summed E-state index contributed by atoms with van der Waals surface area (Å²) in [7, 11) is 0. The summed E-state index contributed by atoms with van der Waals surface area (Å²) in [5.41, 5.74) is 7.32. The topological polar surface area (TPSA) is 44.7 Å². The SMILES string of the molecule is O=C(N/N=C/c1ccc(Cl)cc1Cl)c1ccc2c(c1)CN(c1ccc(Br)cc1)C2. The van der Waals surface area contributed by atoms with Crippen molar-refractivity contribution in [1.82, 2.24) is 5.43 Å². The van der Waals surface area contributed by atoms with E-state index in [1.54, 1.807) is 18.2 Å². The molecule has 0 spiro atoms. The molecule has 4 rings (SSSR count). The molecular weight excluding hydrogens is 473 g/mol. The second-order valence-corrected chi connectivity index (χ2v) is 8.44. The summed E-state index contributed by atoms with van der Waals surface area (Å²) in [6, 6.07) is 19.1. The maximum Gasteiger partial charge on any atom is 0.271 e. The fraction of sp³-hybridized carbons (Fsp3) is 0.0909. The minimum atomic E-state index is -0.267. The van der Waals surface area contributed by atoms with E-state index in [2.05, 4.69) is 43.5 Å². The third kappa shape index (κ3) is 4.64. The number of rotatable bonds is 4. The number of fused-ring (bicyclic) bond motifs is 1. The number of benzene rings is 3. The predicted octanol–water partition coefficient (Wildman–Crippen LogP) is 6.04. The fourth-order valence-electron chi connectivity index (χ4n) is 3.20. The lowest BCUT2D eigenvalue weighted by atomic mass is 10.1. The van der Waals surface area contributed by atoms with E-state index in [0.29, 0.717) is 21.2 Å². The Kier molecular flexibility index (Phi) is 5.90. The van der Waals surface area contributed by atoms with Crippen LogP contribution in [0.4, 0.5) is 5.69 Å². The van der Waals surface area contributed by atoms with Crippen LogP contribution in [0.5, 0.6) is 0 Å². The predicted molar refractivity (Wildman–Crippen MR) is 122 cm³/mol. The van der Waals surface area contributed by atoms with Gasteiger partial charge in [0.15, 0.2) is 0 Å². The van der Waals surface area contributed by atoms with Gasteiger partial charge in [0.25, 0.3) is 5.91 Å². The van der Waals surface area contributed by atoms with Gasteiger partial charge in [0.1, 0.15) is 0 Å². The number of hydrogen-bond donors (Lipinski definition) is 1. The number of carbonyl (C=O) groups is 1. The highest BCUT2D eigenvalue weighted by Crippen LogP contribution is 2.29. The van der Waals surface area contributed by atoms with Crippen LogP contribution in [-0.2, 0) is 13.1 Å². The van der Waals surface area contributed by atoms with Crippen molar-refractivity contribution in [2.75, 3.05) is 4.90 Å². The van der Waals surface area contributed by atoms with Crippen LogP contribution in [0, 0.1) is 0 Å². The lowest BCUT2D eigenvalue weighted by Gasteiger charge is -2.17. The van der Waals surface area contributed by atoms with Gasteiger partial charge in [-0.3, -0.25) is 4.79 Å². The molecule has 0 unspecified atom stereocenters. The van der Waals surface area contributed by atoms with Crippen LogP contribution in [-0.4, -0.2) is 12.1 Å². The molecule has 146 valence electrons. The largest absolute Gasteiger partial charge is 0.363 e. The molecule has 0 aromatic heterocycles. The second kappa shape index (κ2) is 8.57. The monoisotopic (exact) mass is 487 g/mol. The summed E-state index contributed by atoms with van der Waals surface area (Å²) in [4.78, 5) is 14.7. The zero-order valence-electron chi connectivity index (χ0n) is 15.2. The van der Waals surface area contributed by atoms with Crippen LogP contribution >= 0.6 is 39.1 Å². The van der Waals surface area contributed by atoms with Crippen molar-refractivity contribution in [3.63, 3.8) is 0 Å². The second-order valence-electron chi connectivity index (χ2n) is 6.68. The summed E-state index contributed by atoms with van der Waals surface area (Å²) in [6.07, 6.45) is 1.50. The number of hydrogen-bond acceptors (Lipinski definition) is 3. The van der Waals surface area contributed by atoms with Crippen LogP contribution in [0.3, 0.4) is 0 Å². The molecule has 7 heteroatoms.